The quantitative estimate of drug-likeness (QED) is 0.566. The Bertz CT molecular complexity index is 1150. The molecule has 2 aromatic heterocycles. The third-order valence-corrected chi connectivity index (χ3v) is 7.34. The summed E-state index contributed by atoms with van der Waals surface area (Å²) in [4.78, 5) is 34.3. The summed E-state index contributed by atoms with van der Waals surface area (Å²) in [5.74, 6) is 0.725. The maximum atomic E-state index is 13.0. The Morgan fingerprint density at radius 3 is 2.72 bits per heavy atom. The molecule has 4 rings (SSSR count). The molecule has 1 N–H and O–H groups in total. The van der Waals surface area contributed by atoms with E-state index in [4.69, 9.17) is 4.74 Å². The summed E-state index contributed by atoms with van der Waals surface area (Å²) in [5.41, 5.74) is 2.26. The number of fused-ring (bicyclic) bond motifs is 3. The van der Waals surface area contributed by atoms with Crippen LogP contribution < -0.4 is 15.6 Å². The van der Waals surface area contributed by atoms with Crippen LogP contribution in [0.15, 0.2) is 35.4 Å². The van der Waals surface area contributed by atoms with Gasteiger partial charge >= 0.3 is 0 Å². The zero-order valence-corrected chi connectivity index (χ0v) is 19.7. The minimum absolute atomic E-state index is 0.0217. The van der Waals surface area contributed by atoms with Gasteiger partial charge in [0.25, 0.3) is 5.56 Å². The lowest BCUT2D eigenvalue weighted by molar-refractivity contribution is -0.121. The molecule has 2 heterocycles. The van der Waals surface area contributed by atoms with Gasteiger partial charge in [-0.05, 0) is 63.0 Å². The Labute approximate surface area is 192 Å². The molecule has 1 aliphatic rings. The molecule has 0 saturated carbocycles. The van der Waals surface area contributed by atoms with Gasteiger partial charge in [-0.15, -0.1) is 11.3 Å². The molecule has 1 unspecified atom stereocenters. The fourth-order valence-electron chi connectivity index (χ4n) is 4.29. The minimum Gasteiger partial charge on any atom is -0.497 e. The Morgan fingerprint density at radius 1 is 1.25 bits per heavy atom. The fourth-order valence-corrected chi connectivity index (χ4v) is 5.51. The largest absolute Gasteiger partial charge is 0.497 e. The van der Waals surface area contributed by atoms with Gasteiger partial charge < -0.3 is 15.0 Å². The molecule has 0 spiro atoms. The zero-order chi connectivity index (χ0) is 22.7. The van der Waals surface area contributed by atoms with Crippen LogP contribution in [0.4, 0.5) is 0 Å². The molecule has 8 heteroatoms. The van der Waals surface area contributed by atoms with Crippen LogP contribution in [0.1, 0.15) is 41.3 Å². The van der Waals surface area contributed by atoms with Crippen LogP contribution in [0.5, 0.6) is 5.75 Å². The van der Waals surface area contributed by atoms with Crippen molar-refractivity contribution in [1.82, 2.24) is 19.8 Å². The summed E-state index contributed by atoms with van der Waals surface area (Å²) in [6.07, 6.45) is 6.12. The summed E-state index contributed by atoms with van der Waals surface area (Å²) in [5, 5.41) is 3.78. The van der Waals surface area contributed by atoms with Crippen LogP contribution in [0.2, 0.25) is 0 Å². The number of carbonyl (C=O) groups is 1. The fraction of sp³-hybridized carbons (Fsp3) is 0.458. The first-order valence-electron chi connectivity index (χ1n) is 11.0. The molecule has 32 heavy (non-hydrogen) atoms. The third-order valence-electron chi connectivity index (χ3n) is 6.14. The number of ether oxygens (including phenoxy) is 1. The van der Waals surface area contributed by atoms with Crippen molar-refractivity contribution in [2.75, 3.05) is 27.7 Å². The standard InChI is InChI=1S/C24H30N4O3S/c1-27(2)19(16-8-10-17(31-3)11-9-16)14-25-21(29)12-13-28-15-26-23-22(24(28)30)18-6-4-5-7-20(18)32-23/h8-11,15,19H,4-7,12-14H2,1-3H3,(H,25,29). The first-order chi connectivity index (χ1) is 15.5. The van der Waals surface area contributed by atoms with E-state index in [0.717, 1.165) is 40.8 Å². The van der Waals surface area contributed by atoms with E-state index in [-0.39, 0.29) is 23.9 Å². The van der Waals surface area contributed by atoms with Gasteiger partial charge in [0, 0.05) is 24.4 Å². The van der Waals surface area contributed by atoms with Crippen LogP contribution in [0.25, 0.3) is 10.2 Å². The zero-order valence-electron chi connectivity index (χ0n) is 18.9. The van der Waals surface area contributed by atoms with E-state index in [1.165, 1.54) is 16.9 Å². The van der Waals surface area contributed by atoms with Crippen LogP contribution in [0, 0.1) is 0 Å². The minimum atomic E-state index is -0.0790. The number of hydrogen-bond donors (Lipinski definition) is 1. The van der Waals surface area contributed by atoms with Gasteiger partial charge in [0.15, 0.2) is 0 Å². The molecule has 1 aliphatic carbocycles. The number of rotatable bonds is 8. The molecule has 0 saturated heterocycles. The van der Waals surface area contributed by atoms with Crippen molar-refractivity contribution in [2.24, 2.45) is 0 Å². The van der Waals surface area contributed by atoms with Crippen LogP contribution in [0.3, 0.4) is 0 Å². The predicted molar refractivity (Wildman–Crippen MR) is 128 cm³/mol. The average Bonchev–Trinajstić information content (AvgIpc) is 3.18. The summed E-state index contributed by atoms with van der Waals surface area (Å²) in [7, 11) is 5.62. The van der Waals surface area contributed by atoms with Gasteiger partial charge in [0.1, 0.15) is 10.6 Å². The SMILES string of the molecule is COc1ccc(C(CNC(=O)CCn2cnc3sc4c(c3c2=O)CCCC4)N(C)C)cc1. The van der Waals surface area contributed by atoms with E-state index in [0.29, 0.717) is 13.1 Å². The van der Waals surface area contributed by atoms with E-state index in [1.807, 2.05) is 38.4 Å². The molecule has 0 aliphatic heterocycles. The average molecular weight is 455 g/mol. The Balaban J connectivity index is 1.39. The van der Waals surface area contributed by atoms with Crippen molar-refractivity contribution in [1.29, 1.82) is 0 Å². The molecule has 1 atom stereocenters. The van der Waals surface area contributed by atoms with Gasteiger partial charge in [-0.1, -0.05) is 12.1 Å². The smallest absolute Gasteiger partial charge is 0.262 e. The number of thiophene rings is 1. The van der Waals surface area contributed by atoms with Crippen molar-refractivity contribution in [2.45, 2.75) is 44.7 Å². The molecular formula is C24H30N4O3S. The Morgan fingerprint density at radius 2 is 2.00 bits per heavy atom. The number of likely N-dealkylation sites (N-methyl/N-ethyl adjacent to an activating group) is 1. The van der Waals surface area contributed by atoms with Gasteiger partial charge in [-0.25, -0.2) is 4.98 Å². The molecule has 0 fully saturated rings. The van der Waals surface area contributed by atoms with Crippen LogP contribution in [-0.2, 0) is 24.2 Å². The highest BCUT2D eigenvalue weighted by Crippen LogP contribution is 2.33. The molecule has 0 radical (unpaired) electrons. The van der Waals surface area contributed by atoms with Crippen LogP contribution >= 0.6 is 11.3 Å². The highest BCUT2D eigenvalue weighted by Gasteiger charge is 2.20. The number of aryl methyl sites for hydroxylation is 3. The highest BCUT2D eigenvalue weighted by molar-refractivity contribution is 7.18. The van der Waals surface area contributed by atoms with E-state index in [1.54, 1.807) is 29.3 Å². The summed E-state index contributed by atoms with van der Waals surface area (Å²) >= 11 is 1.64. The number of aromatic nitrogens is 2. The number of carbonyl (C=O) groups excluding carboxylic acids is 1. The highest BCUT2D eigenvalue weighted by atomic mass is 32.1. The third kappa shape index (κ3) is 4.71. The molecule has 3 aromatic rings. The predicted octanol–water partition coefficient (Wildman–Crippen LogP) is 3.15. The first kappa shape index (κ1) is 22.5. The molecular weight excluding hydrogens is 424 g/mol. The maximum Gasteiger partial charge on any atom is 0.262 e. The lowest BCUT2D eigenvalue weighted by Gasteiger charge is -2.25. The number of benzene rings is 1. The molecule has 1 aromatic carbocycles. The summed E-state index contributed by atoms with van der Waals surface area (Å²) in [6, 6.07) is 7.91. The maximum absolute atomic E-state index is 13.0. The van der Waals surface area contributed by atoms with Gasteiger partial charge in [-0.2, -0.15) is 0 Å². The second kappa shape index (κ2) is 9.83. The molecule has 0 bridgehead atoms. The van der Waals surface area contributed by atoms with E-state index in [2.05, 4.69) is 15.2 Å². The normalized spacial score (nSPS) is 14.4. The monoisotopic (exact) mass is 454 g/mol. The van der Waals surface area contributed by atoms with Crippen molar-refractivity contribution in [3.8, 4) is 5.75 Å². The molecule has 7 nitrogen and oxygen atoms in total. The second-order valence-electron chi connectivity index (χ2n) is 8.44. The number of nitrogens with zero attached hydrogens (tertiary/aromatic N) is 3. The van der Waals surface area contributed by atoms with Gasteiger partial charge in [-0.3, -0.25) is 14.2 Å². The number of nitrogens with one attached hydrogen (secondary N) is 1. The van der Waals surface area contributed by atoms with Crippen molar-refractivity contribution < 1.29 is 9.53 Å². The van der Waals surface area contributed by atoms with Gasteiger partial charge in [0.05, 0.1) is 24.9 Å². The lowest BCUT2D eigenvalue weighted by atomic mass is 9.97. The summed E-state index contributed by atoms with van der Waals surface area (Å²) in [6.45, 7) is 0.815. The first-order valence-corrected chi connectivity index (χ1v) is 11.9. The van der Waals surface area contributed by atoms with Crippen molar-refractivity contribution >= 4 is 27.5 Å². The van der Waals surface area contributed by atoms with E-state index < -0.39 is 0 Å². The second-order valence-corrected chi connectivity index (χ2v) is 9.52. The van der Waals surface area contributed by atoms with Crippen molar-refractivity contribution in [3.05, 3.63) is 57.0 Å². The lowest BCUT2D eigenvalue weighted by Crippen LogP contribution is -2.35. The molecule has 1 amide bonds. The van der Waals surface area contributed by atoms with E-state index >= 15 is 0 Å². The Hall–Kier alpha value is -2.71. The Kier molecular flexibility index (Phi) is 6.91. The van der Waals surface area contributed by atoms with Crippen molar-refractivity contribution in [3.63, 3.8) is 0 Å². The number of amides is 1. The topological polar surface area (TPSA) is 76.5 Å². The number of methoxy groups -OCH3 is 1. The van der Waals surface area contributed by atoms with Crippen LogP contribution in [-0.4, -0.2) is 48.1 Å². The molecule has 170 valence electrons. The van der Waals surface area contributed by atoms with E-state index in [9.17, 15) is 9.59 Å². The summed E-state index contributed by atoms with van der Waals surface area (Å²) < 4.78 is 6.81. The van der Waals surface area contributed by atoms with Gasteiger partial charge in [0.2, 0.25) is 5.91 Å². The number of hydrogen-bond acceptors (Lipinski definition) is 6.